The van der Waals surface area contributed by atoms with Crippen LogP contribution >= 0.6 is 0 Å². The number of nitrogens with two attached hydrogens (primary N) is 6. The Labute approximate surface area is 396 Å². The molecule has 0 aliphatic rings. The summed E-state index contributed by atoms with van der Waals surface area (Å²) in [4.78, 5) is 109. The highest BCUT2D eigenvalue weighted by Gasteiger charge is 2.29. The van der Waals surface area contributed by atoms with Crippen molar-refractivity contribution in [1.82, 2.24) is 37.2 Å². The Bertz CT molecular complexity index is 1670. The molecular weight excluding hydrogens is 869 g/mol. The molecule has 0 aromatic rings. The Morgan fingerprint density at radius 1 is 0.493 bits per heavy atom. The Kier molecular flexibility index (Phi) is 32.0. The van der Waals surface area contributed by atoms with E-state index in [9.17, 15) is 38.4 Å². The minimum Gasteiger partial charge on any atom is -0.370 e. The van der Waals surface area contributed by atoms with Crippen LogP contribution in [0.25, 0.3) is 0 Å². The minimum atomic E-state index is -1.03. The molecule has 384 valence electrons. The molecule has 0 aliphatic carbocycles. The zero-order valence-electron chi connectivity index (χ0n) is 41.4. The smallest absolute Gasteiger partial charge is 0.243 e. The van der Waals surface area contributed by atoms with E-state index < -0.39 is 41.3 Å². The van der Waals surface area contributed by atoms with Crippen molar-refractivity contribution in [3.05, 3.63) is 0 Å². The molecule has 0 bridgehead atoms. The molecule has 4 unspecified atom stereocenters. The lowest BCUT2D eigenvalue weighted by molar-refractivity contribution is -0.134. The predicted molar refractivity (Wildman–Crippen MR) is 261 cm³/mol. The van der Waals surface area contributed by atoms with E-state index in [0.717, 1.165) is 12.8 Å². The first-order chi connectivity index (χ1) is 31.2. The van der Waals surface area contributed by atoms with Crippen LogP contribution in [0.15, 0.2) is 15.0 Å². The third kappa shape index (κ3) is 32.1. The normalized spacial score (nSPS) is 12.7. The van der Waals surface area contributed by atoms with Gasteiger partial charge in [-0.25, -0.2) is 0 Å². The maximum atomic E-state index is 13.4. The number of amides is 7. The van der Waals surface area contributed by atoms with Crippen LogP contribution in [0.3, 0.4) is 0 Å². The Balaban J connectivity index is 0. The number of Topliss-reactive ketones (excluding diaryl/α,β-unsaturated/α-hetero) is 1. The van der Waals surface area contributed by atoms with Gasteiger partial charge < -0.3 is 71.6 Å². The Hall–Kier alpha value is -6.23. The number of nitrogens with one attached hydrogen (secondary N) is 7. The Morgan fingerprint density at radius 3 is 1.31 bits per heavy atom. The largest absolute Gasteiger partial charge is 0.370 e. The van der Waals surface area contributed by atoms with Crippen molar-refractivity contribution in [3.63, 3.8) is 0 Å². The summed E-state index contributed by atoms with van der Waals surface area (Å²) in [5.41, 5.74) is 31.2. The summed E-state index contributed by atoms with van der Waals surface area (Å²) >= 11 is 0. The van der Waals surface area contributed by atoms with Crippen LogP contribution in [-0.4, -0.2) is 128 Å². The second-order valence-electron chi connectivity index (χ2n) is 17.5. The van der Waals surface area contributed by atoms with Crippen molar-refractivity contribution in [3.8, 4) is 0 Å². The fraction of sp³-hybridized carbons (Fsp3) is 0.744. The standard InChI is InChI=1S/C26H53N13O4.C17H31N3O4/c1-5-26(3,4)22(43)36-15-19(40)38-17(10-7-13-34-24(29)30)21(42)39-18(11-8-14-35-25(31)32)20(41)37-16(2)9-6-12-33-23(27)28;1-6-17(4,5)16(24)18-10-8-7-9-14(12(2)21)20-15(23)11-19-13(3)22/h16-18H,5-15H2,1-4H3,(H,36,43)(H,37,41)(H,38,40)(H,39,42)(H4,27,28,33)(H4,29,30,34)(H4,31,32,35);14H,6-11H2,1-5H3,(H,18,24)(H,19,22)(H,20,23). The molecule has 19 N–H and O–H groups in total. The summed E-state index contributed by atoms with van der Waals surface area (Å²) in [7, 11) is 0. The summed E-state index contributed by atoms with van der Waals surface area (Å²) in [6.45, 7) is 16.7. The highest BCUT2D eigenvalue weighted by atomic mass is 16.2. The van der Waals surface area contributed by atoms with Gasteiger partial charge in [0.15, 0.2) is 23.7 Å². The molecule has 0 radical (unpaired) electrons. The monoisotopic (exact) mass is 953 g/mol. The average Bonchev–Trinajstić information content (AvgIpc) is 3.24. The Morgan fingerprint density at radius 2 is 0.881 bits per heavy atom. The first-order valence-electron chi connectivity index (χ1n) is 22.9. The number of unbranched alkanes of at least 4 members (excludes halogenated alkanes) is 1. The van der Waals surface area contributed by atoms with E-state index in [4.69, 9.17) is 34.4 Å². The maximum Gasteiger partial charge on any atom is 0.243 e. The van der Waals surface area contributed by atoms with Crippen LogP contribution < -0.4 is 71.6 Å². The van der Waals surface area contributed by atoms with Crippen molar-refractivity contribution < 1.29 is 38.4 Å². The lowest BCUT2D eigenvalue weighted by Crippen LogP contribution is -2.55. The molecule has 0 rings (SSSR count). The zero-order chi connectivity index (χ0) is 51.8. The predicted octanol–water partition coefficient (Wildman–Crippen LogP) is -1.91. The van der Waals surface area contributed by atoms with Crippen molar-refractivity contribution in [2.75, 3.05) is 39.3 Å². The molecule has 67 heavy (non-hydrogen) atoms. The van der Waals surface area contributed by atoms with Crippen molar-refractivity contribution in [1.29, 1.82) is 0 Å². The van der Waals surface area contributed by atoms with Gasteiger partial charge in [0.2, 0.25) is 41.4 Å². The van der Waals surface area contributed by atoms with Crippen molar-refractivity contribution in [2.45, 2.75) is 157 Å². The van der Waals surface area contributed by atoms with Crippen molar-refractivity contribution in [2.24, 2.45) is 60.2 Å². The van der Waals surface area contributed by atoms with E-state index in [0.29, 0.717) is 58.0 Å². The summed E-state index contributed by atoms with van der Waals surface area (Å²) in [5.74, 6) is -2.82. The molecule has 0 saturated carbocycles. The van der Waals surface area contributed by atoms with E-state index in [1.165, 1.54) is 13.8 Å². The molecule has 7 amide bonds. The summed E-state index contributed by atoms with van der Waals surface area (Å²) in [6.07, 6.45) is 5.69. The number of aliphatic imine (C=N–C) groups is 3. The van der Waals surface area contributed by atoms with Crippen LogP contribution in [0.5, 0.6) is 0 Å². The molecule has 0 aromatic carbocycles. The number of guanidine groups is 3. The lowest BCUT2D eigenvalue weighted by atomic mass is 9.89. The highest BCUT2D eigenvalue weighted by Crippen LogP contribution is 2.20. The van der Waals surface area contributed by atoms with Gasteiger partial charge in [0, 0.05) is 50.0 Å². The number of ketones is 1. The molecule has 0 heterocycles. The second-order valence-corrected chi connectivity index (χ2v) is 17.5. The molecule has 0 saturated heterocycles. The van der Waals surface area contributed by atoms with Gasteiger partial charge in [-0.2, -0.15) is 0 Å². The first kappa shape index (κ1) is 62.9. The van der Waals surface area contributed by atoms with E-state index in [2.05, 4.69) is 52.2 Å². The molecule has 24 heteroatoms. The molecule has 24 nitrogen and oxygen atoms in total. The minimum absolute atomic E-state index is 0.00707. The molecule has 4 atom stereocenters. The van der Waals surface area contributed by atoms with E-state index in [-0.39, 0.29) is 97.8 Å². The number of nitrogens with zero attached hydrogens (tertiary/aromatic N) is 3. The topological polar surface area (TPSA) is 414 Å². The fourth-order valence-electron chi connectivity index (χ4n) is 5.55. The molecule has 0 spiro atoms. The molecule has 0 aliphatic heterocycles. The quantitative estimate of drug-likeness (QED) is 0.0199. The van der Waals surface area contributed by atoms with Gasteiger partial charge in [-0.3, -0.25) is 53.3 Å². The number of hydrogen-bond acceptors (Lipinski definition) is 11. The van der Waals surface area contributed by atoms with Crippen LogP contribution in [0.4, 0.5) is 0 Å². The van der Waals surface area contributed by atoms with Crippen molar-refractivity contribution >= 4 is 65.0 Å². The maximum absolute atomic E-state index is 13.4. The second kappa shape index (κ2) is 34.1. The van der Waals surface area contributed by atoms with Crippen LogP contribution in [0.1, 0.15) is 133 Å². The fourth-order valence-corrected chi connectivity index (χ4v) is 5.55. The van der Waals surface area contributed by atoms with Gasteiger partial charge in [0.05, 0.1) is 19.1 Å². The summed E-state index contributed by atoms with van der Waals surface area (Å²) < 4.78 is 0. The zero-order valence-corrected chi connectivity index (χ0v) is 41.4. The average molecular weight is 953 g/mol. The third-order valence-corrected chi connectivity index (χ3v) is 10.6. The van der Waals surface area contributed by atoms with Gasteiger partial charge in [-0.1, -0.05) is 41.5 Å². The number of carbonyl (C=O) groups is 8. The number of rotatable bonds is 32. The van der Waals surface area contributed by atoms with Gasteiger partial charge >= 0.3 is 0 Å². The van der Waals surface area contributed by atoms with E-state index in [1.54, 1.807) is 13.8 Å². The van der Waals surface area contributed by atoms with Gasteiger partial charge in [0.1, 0.15) is 12.1 Å². The van der Waals surface area contributed by atoms with E-state index in [1.807, 2.05) is 34.6 Å². The summed E-state index contributed by atoms with van der Waals surface area (Å²) in [5, 5.41) is 18.8. The molecular formula is C43H84N16O8. The third-order valence-electron chi connectivity index (χ3n) is 10.6. The SMILES string of the molecule is CCC(C)(C)C(=O)NCC(=O)NC(CCCN=C(N)N)C(=O)NC(CCCN=C(N)N)C(=O)NC(C)CCCN=C(N)N.CCC(C)(C)C(=O)NCCCCC(NC(=O)CNC(C)=O)C(C)=O. The van der Waals surface area contributed by atoms with Gasteiger partial charge in [-0.15, -0.1) is 0 Å². The molecule has 0 aromatic heterocycles. The number of hydrogen-bond donors (Lipinski definition) is 13. The van der Waals surface area contributed by atoms with Crippen LogP contribution in [0.2, 0.25) is 0 Å². The van der Waals surface area contributed by atoms with Gasteiger partial charge in [0.25, 0.3) is 0 Å². The van der Waals surface area contributed by atoms with E-state index >= 15 is 0 Å². The highest BCUT2D eigenvalue weighted by molar-refractivity contribution is 5.94. The van der Waals surface area contributed by atoms with Gasteiger partial charge in [-0.05, 0) is 84.5 Å². The first-order valence-corrected chi connectivity index (χ1v) is 22.9. The molecule has 0 fully saturated rings. The summed E-state index contributed by atoms with van der Waals surface area (Å²) in [6, 6.07) is -2.76. The lowest BCUT2D eigenvalue weighted by Gasteiger charge is -2.25. The number of carbonyl (C=O) groups excluding carboxylic acids is 8. The van der Waals surface area contributed by atoms with Crippen LogP contribution in [0, 0.1) is 10.8 Å². The van der Waals surface area contributed by atoms with Crippen LogP contribution in [-0.2, 0) is 38.4 Å².